The fourth-order valence-electron chi connectivity index (χ4n) is 1.61. The van der Waals surface area contributed by atoms with Crippen molar-refractivity contribution in [3.8, 4) is 5.88 Å². The van der Waals surface area contributed by atoms with Gasteiger partial charge in [0, 0.05) is 17.8 Å². The second-order valence-corrected chi connectivity index (χ2v) is 6.06. The Morgan fingerprint density at radius 3 is 2.48 bits per heavy atom. The van der Waals surface area contributed by atoms with E-state index in [-0.39, 0.29) is 10.9 Å². The summed E-state index contributed by atoms with van der Waals surface area (Å²) in [6.45, 7) is 6.71. The van der Waals surface area contributed by atoms with Gasteiger partial charge in [0.2, 0.25) is 5.88 Å². The van der Waals surface area contributed by atoms with E-state index in [4.69, 9.17) is 21.1 Å². The number of aromatic nitrogens is 1. The molecule has 0 saturated heterocycles. The van der Waals surface area contributed by atoms with Crippen molar-refractivity contribution >= 4 is 24.0 Å². The van der Waals surface area contributed by atoms with Crippen LogP contribution in [0.4, 0.5) is 4.79 Å². The van der Waals surface area contributed by atoms with Gasteiger partial charge in [-0.1, -0.05) is 11.6 Å². The second kappa shape index (κ2) is 6.30. The normalized spacial score (nSPS) is 14.0. The van der Waals surface area contributed by atoms with Crippen LogP contribution in [0.3, 0.4) is 0 Å². The molecule has 0 aromatic carbocycles. The molecule has 0 aliphatic heterocycles. The van der Waals surface area contributed by atoms with E-state index < -0.39 is 17.2 Å². The lowest BCUT2D eigenvalue weighted by molar-refractivity contribution is -0.113. The molecule has 0 saturated carbocycles. The summed E-state index contributed by atoms with van der Waals surface area (Å²) in [7, 11) is 1.44. The number of amides is 1. The van der Waals surface area contributed by atoms with E-state index in [9.17, 15) is 9.59 Å². The first kappa shape index (κ1) is 17.2. The van der Waals surface area contributed by atoms with Gasteiger partial charge in [0.05, 0.1) is 12.1 Å². The molecule has 21 heavy (non-hydrogen) atoms. The number of carbonyl (C=O) groups is 2. The van der Waals surface area contributed by atoms with E-state index in [1.54, 1.807) is 20.8 Å². The van der Waals surface area contributed by atoms with Crippen molar-refractivity contribution in [3.05, 3.63) is 22.8 Å². The molecule has 6 nitrogen and oxygen atoms in total. The molecule has 0 aliphatic carbocycles. The van der Waals surface area contributed by atoms with Crippen LogP contribution in [-0.2, 0) is 15.1 Å². The number of methoxy groups -OCH3 is 1. The van der Waals surface area contributed by atoms with Gasteiger partial charge < -0.3 is 19.6 Å². The highest BCUT2D eigenvalue weighted by Crippen LogP contribution is 2.29. The number of nitrogens with zero attached hydrogens (tertiary/aromatic N) is 1. The molecule has 1 amide bonds. The molecule has 1 aromatic heterocycles. The number of rotatable bonds is 4. The summed E-state index contributed by atoms with van der Waals surface area (Å²) in [5, 5.41) is 2.75. The smallest absolute Gasteiger partial charge is 0.408 e. The number of pyridine rings is 1. The Kier molecular flexibility index (Phi) is 5.17. The highest BCUT2D eigenvalue weighted by molar-refractivity contribution is 6.31. The molecule has 0 fully saturated rings. The molecule has 0 aliphatic rings. The lowest BCUT2D eigenvalue weighted by Gasteiger charge is -2.28. The number of carbonyl (C=O) groups excluding carboxylic acids is 2. The van der Waals surface area contributed by atoms with E-state index in [1.807, 2.05) is 0 Å². The first-order valence-electron chi connectivity index (χ1n) is 6.29. The van der Waals surface area contributed by atoms with Gasteiger partial charge in [-0.3, -0.25) is 0 Å². The van der Waals surface area contributed by atoms with Crippen molar-refractivity contribution in [2.45, 2.75) is 38.8 Å². The van der Waals surface area contributed by atoms with Crippen LogP contribution in [-0.4, -0.2) is 30.1 Å². The Labute approximate surface area is 128 Å². The Bertz CT molecular complexity index is 542. The second-order valence-electron chi connectivity index (χ2n) is 5.65. The Balaban J connectivity index is 3.10. The first-order chi connectivity index (χ1) is 9.61. The summed E-state index contributed by atoms with van der Waals surface area (Å²) in [4.78, 5) is 27.3. The topological polar surface area (TPSA) is 77.5 Å². The zero-order chi connectivity index (χ0) is 16.3. The zero-order valence-corrected chi connectivity index (χ0v) is 13.4. The minimum absolute atomic E-state index is 0.237. The third-order valence-electron chi connectivity index (χ3n) is 2.60. The molecule has 1 rings (SSSR count). The largest absolute Gasteiger partial charge is 0.481 e. The molecule has 1 unspecified atom stereocenters. The minimum Gasteiger partial charge on any atom is -0.481 e. The summed E-state index contributed by atoms with van der Waals surface area (Å²) in [6.07, 6.45) is 1.22. The van der Waals surface area contributed by atoms with E-state index in [0.717, 1.165) is 0 Å². The lowest BCUT2D eigenvalue weighted by atomic mass is 9.94. The third kappa shape index (κ3) is 4.60. The predicted molar refractivity (Wildman–Crippen MR) is 78.6 cm³/mol. The average molecular weight is 315 g/mol. The van der Waals surface area contributed by atoms with E-state index in [0.29, 0.717) is 11.8 Å². The first-order valence-corrected chi connectivity index (χ1v) is 6.66. The van der Waals surface area contributed by atoms with Crippen molar-refractivity contribution in [3.63, 3.8) is 0 Å². The van der Waals surface area contributed by atoms with Crippen molar-refractivity contribution in [1.29, 1.82) is 0 Å². The third-order valence-corrected chi connectivity index (χ3v) is 2.90. The van der Waals surface area contributed by atoms with Crippen LogP contribution in [0.25, 0.3) is 0 Å². The summed E-state index contributed by atoms with van der Waals surface area (Å²) in [5.41, 5.74) is -1.65. The van der Waals surface area contributed by atoms with Gasteiger partial charge in [-0.25, -0.2) is 9.78 Å². The Morgan fingerprint density at radius 2 is 2.00 bits per heavy atom. The van der Waals surface area contributed by atoms with Crippen LogP contribution in [0, 0.1) is 0 Å². The molecule has 1 heterocycles. The predicted octanol–water partition coefficient (Wildman–Crippen LogP) is 2.68. The van der Waals surface area contributed by atoms with Gasteiger partial charge in [-0.2, -0.15) is 0 Å². The number of halogens is 1. The van der Waals surface area contributed by atoms with Gasteiger partial charge in [-0.15, -0.1) is 0 Å². The monoisotopic (exact) mass is 314 g/mol. The minimum atomic E-state index is -1.35. The molecule has 1 atom stereocenters. The molecule has 1 aromatic rings. The number of ether oxygens (including phenoxy) is 2. The molecular formula is C14H19ClN2O4. The number of hydrogen-bond donors (Lipinski definition) is 1. The molecule has 0 bridgehead atoms. The average Bonchev–Trinajstić information content (AvgIpc) is 2.36. The van der Waals surface area contributed by atoms with E-state index >= 15 is 0 Å². The molecule has 0 spiro atoms. The molecule has 7 heteroatoms. The van der Waals surface area contributed by atoms with Gasteiger partial charge in [0.25, 0.3) is 0 Å². The van der Waals surface area contributed by atoms with Gasteiger partial charge in [0.15, 0.2) is 0 Å². The highest BCUT2D eigenvalue weighted by Gasteiger charge is 2.33. The molecular weight excluding hydrogens is 296 g/mol. The van der Waals surface area contributed by atoms with Crippen molar-refractivity contribution in [1.82, 2.24) is 10.3 Å². The van der Waals surface area contributed by atoms with Gasteiger partial charge in [0.1, 0.15) is 17.4 Å². The molecule has 1 N–H and O–H groups in total. The van der Waals surface area contributed by atoms with Crippen LogP contribution in [0.2, 0.25) is 5.02 Å². The Hall–Kier alpha value is -1.82. The summed E-state index contributed by atoms with van der Waals surface area (Å²) in [6, 6.07) is 1.49. The molecule has 0 radical (unpaired) electrons. The van der Waals surface area contributed by atoms with Gasteiger partial charge >= 0.3 is 6.09 Å². The highest BCUT2D eigenvalue weighted by atomic mass is 35.5. The van der Waals surface area contributed by atoms with Crippen LogP contribution >= 0.6 is 11.6 Å². The van der Waals surface area contributed by atoms with E-state index in [1.165, 1.54) is 26.3 Å². The fraction of sp³-hybridized carbons (Fsp3) is 0.500. The fourth-order valence-corrected chi connectivity index (χ4v) is 1.90. The van der Waals surface area contributed by atoms with Crippen molar-refractivity contribution in [2.24, 2.45) is 0 Å². The maximum atomic E-state index is 11.9. The molecule has 116 valence electrons. The Morgan fingerprint density at radius 1 is 1.38 bits per heavy atom. The standard InChI is InChI=1S/C14H19ClN2O4/c1-13(2,3)21-12(19)17-14(4,8-18)9-6-11(20-5)16-7-10(9)15/h6-8H,1-5H3,(H,17,19). The van der Waals surface area contributed by atoms with Crippen LogP contribution in [0.5, 0.6) is 5.88 Å². The van der Waals surface area contributed by atoms with Crippen molar-refractivity contribution < 1.29 is 19.1 Å². The summed E-state index contributed by atoms with van der Waals surface area (Å²) < 4.78 is 10.2. The summed E-state index contributed by atoms with van der Waals surface area (Å²) >= 11 is 6.06. The number of hydrogen-bond acceptors (Lipinski definition) is 5. The maximum absolute atomic E-state index is 11.9. The van der Waals surface area contributed by atoms with Crippen molar-refractivity contribution in [2.75, 3.05) is 7.11 Å². The quantitative estimate of drug-likeness (QED) is 0.865. The maximum Gasteiger partial charge on any atom is 0.408 e. The van der Waals surface area contributed by atoms with Crippen LogP contribution in [0.1, 0.15) is 33.3 Å². The number of aldehydes is 1. The SMILES string of the molecule is COc1cc(C(C)(C=O)NC(=O)OC(C)(C)C)c(Cl)cn1. The van der Waals surface area contributed by atoms with E-state index in [2.05, 4.69) is 10.3 Å². The summed E-state index contributed by atoms with van der Waals surface area (Å²) in [5.74, 6) is 0.286. The zero-order valence-electron chi connectivity index (χ0n) is 12.7. The van der Waals surface area contributed by atoms with Gasteiger partial charge in [-0.05, 0) is 27.7 Å². The van der Waals surface area contributed by atoms with Crippen LogP contribution < -0.4 is 10.1 Å². The van der Waals surface area contributed by atoms with Crippen LogP contribution in [0.15, 0.2) is 12.3 Å². The number of nitrogens with one attached hydrogen (secondary N) is 1. The number of alkyl carbamates (subject to hydrolysis) is 1. The lowest BCUT2D eigenvalue weighted by Crippen LogP contribution is -2.47.